The van der Waals surface area contributed by atoms with Crippen LogP contribution in [-0.4, -0.2) is 12.6 Å². The highest BCUT2D eigenvalue weighted by molar-refractivity contribution is 5.41. The Morgan fingerprint density at radius 1 is 1.40 bits per heavy atom. The van der Waals surface area contributed by atoms with Gasteiger partial charge in [0.15, 0.2) is 0 Å². The molecule has 80 valence electrons. The third-order valence-corrected chi connectivity index (χ3v) is 1.70. The van der Waals surface area contributed by atoms with E-state index in [2.05, 4.69) is 11.8 Å². The van der Waals surface area contributed by atoms with Crippen molar-refractivity contribution in [2.75, 3.05) is 7.11 Å². The molecule has 0 radical (unpaired) electrons. The van der Waals surface area contributed by atoms with Gasteiger partial charge in [-0.05, 0) is 26.0 Å². The van der Waals surface area contributed by atoms with Crippen LogP contribution < -0.4 is 10.5 Å². The highest BCUT2D eigenvalue weighted by Gasteiger charge is 2.05. The minimum atomic E-state index is -0.619. The molecule has 0 amide bonds. The SMILES string of the molecule is COc1ccc(C#CC(C)(C)N)c(F)c1. The first-order valence-electron chi connectivity index (χ1n) is 4.58. The average Bonchev–Trinajstić information content (AvgIpc) is 2.14. The van der Waals surface area contributed by atoms with E-state index in [1.54, 1.807) is 26.0 Å². The van der Waals surface area contributed by atoms with E-state index >= 15 is 0 Å². The molecule has 0 bridgehead atoms. The van der Waals surface area contributed by atoms with Crippen molar-refractivity contribution < 1.29 is 9.13 Å². The van der Waals surface area contributed by atoms with E-state index in [9.17, 15) is 4.39 Å². The predicted octanol–water partition coefficient (Wildman–Crippen LogP) is 1.92. The van der Waals surface area contributed by atoms with Gasteiger partial charge >= 0.3 is 0 Å². The van der Waals surface area contributed by atoms with Gasteiger partial charge in [-0.2, -0.15) is 0 Å². The Balaban J connectivity index is 3.01. The quantitative estimate of drug-likeness (QED) is 0.714. The molecule has 0 saturated carbocycles. The van der Waals surface area contributed by atoms with E-state index in [-0.39, 0.29) is 0 Å². The van der Waals surface area contributed by atoms with E-state index in [0.29, 0.717) is 11.3 Å². The Morgan fingerprint density at radius 3 is 2.53 bits per heavy atom. The molecule has 0 unspecified atom stereocenters. The number of halogens is 1. The molecule has 0 saturated heterocycles. The molecule has 15 heavy (non-hydrogen) atoms. The third kappa shape index (κ3) is 3.61. The monoisotopic (exact) mass is 207 g/mol. The summed E-state index contributed by atoms with van der Waals surface area (Å²) < 4.78 is 18.3. The van der Waals surface area contributed by atoms with Crippen molar-refractivity contribution in [3.05, 3.63) is 29.6 Å². The topological polar surface area (TPSA) is 35.2 Å². The first kappa shape index (κ1) is 11.5. The van der Waals surface area contributed by atoms with E-state index in [1.807, 2.05) is 0 Å². The Morgan fingerprint density at radius 2 is 2.07 bits per heavy atom. The number of nitrogens with two attached hydrogens (primary N) is 1. The maximum atomic E-state index is 13.4. The molecule has 1 aromatic rings. The summed E-state index contributed by atoms with van der Waals surface area (Å²) in [5.41, 5.74) is 5.38. The largest absolute Gasteiger partial charge is 0.497 e. The Bertz CT molecular complexity index is 410. The summed E-state index contributed by atoms with van der Waals surface area (Å²) in [5.74, 6) is 5.54. The van der Waals surface area contributed by atoms with Gasteiger partial charge in [0, 0.05) is 6.07 Å². The molecular formula is C12H14FNO. The van der Waals surface area contributed by atoms with Crippen LogP contribution in [0.25, 0.3) is 0 Å². The molecule has 0 aliphatic heterocycles. The van der Waals surface area contributed by atoms with Gasteiger partial charge in [0.2, 0.25) is 0 Å². The molecule has 2 nitrogen and oxygen atoms in total. The molecule has 0 heterocycles. The van der Waals surface area contributed by atoms with E-state index in [4.69, 9.17) is 10.5 Å². The fourth-order valence-electron chi connectivity index (χ4n) is 0.953. The summed E-state index contributed by atoms with van der Waals surface area (Å²) in [4.78, 5) is 0. The number of benzene rings is 1. The minimum Gasteiger partial charge on any atom is -0.497 e. The molecule has 1 rings (SSSR count). The number of rotatable bonds is 1. The summed E-state index contributed by atoms with van der Waals surface area (Å²) in [7, 11) is 1.49. The van der Waals surface area contributed by atoms with Gasteiger partial charge in [-0.15, -0.1) is 0 Å². The molecule has 1 aromatic carbocycles. The molecule has 0 fully saturated rings. The van der Waals surface area contributed by atoms with Crippen LogP contribution in [0.5, 0.6) is 5.75 Å². The Kier molecular flexibility index (Phi) is 3.33. The van der Waals surface area contributed by atoms with E-state index < -0.39 is 11.4 Å². The summed E-state index contributed by atoms with van der Waals surface area (Å²) in [6, 6.07) is 4.54. The van der Waals surface area contributed by atoms with E-state index in [0.717, 1.165) is 0 Å². The minimum absolute atomic E-state index is 0.328. The molecule has 3 heteroatoms. The lowest BCUT2D eigenvalue weighted by molar-refractivity contribution is 0.411. The van der Waals surface area contributed by atoms with Crippen LogP contribution in [0.15, 0.2) is 18.2 Å². The third-order valence-electron chi connectivity index (χ3n) is 1.70. The van der Waals surface area contributed by atoms with Crippen LogP contribution in [0.3, 0.4) is 0 Å². The summed E-state index contributed by atoms with van der Waals surface area (Å²) >= 11 is 0. The van der Waals surface area contributed by atoms with Gasteiger partial charge in [-0.1, -0.05) is 11.8 Å². The Labute approximate surface area is 89.2 Å². The second-order valence-electron chi connectivity index (χ2n) is 3.82. The van der Waals surface area contributed by atoms with Crippen molar-refractivity contribution in [2.45, 2.75) is 19.4 Å². The normalized spacial score (nSPS) is 10.5. The van der Waals surface area contributed by atoms with Crippen molar-refractivity contribution in [3.8, 4) is 17.6 Å². The van der Waals surface area contributed by atoms with E-state index in [1.165, 1.54) is 13.2 Å². The number of hydrogen-bond donors (Lipinski definition) is 1. The molecule has 0 aromatic heterocycles. The summed E-state index contributed by atoms with van der Waals surface area (Å²) in [5, 5.41) is 0. The number of methoxy groups -OCH3 is 1. The average molecular weight is 207 g/mol. The zero-order valence-corrected chi connectivity index (χ0v) is 9.10. The molecule has 0 aliphatic rings. The predicted molar refractivity (Wildman–Crippen MR) is 58.1 cm³/mol. The van der Waals surface area contributed by atoms with Crippen LogP contribution in [-0.2, 0) is 0 Å². The fraction of sp³-hybridized carbons (Fsp3) is 0.333. The number of hydrogen-bond acceptors (Lipinski definition) is 2. The summed E-state index contributed by atoms with van der Waals surface area (Å²) in [6.07, 6.45) is 0. The molecule has 0 aliphatic carbocycles. The van der Waals surface area contributed by atoms with Crippen LogP contribution in [0.1, 0.15) is 19.4 Å². The fourth-order valence-corrected chi connectivity index (χ4v) is 0.953. The van der Waals surface area contributed by atoms with Gasteiger partial charge < -0.3 is 10.5 Å². The maximum Gasteiger partial charge on any atom is 0.142 e. The van der Waals surface area contributed by atoms with Gasteiger partial charge in [-0.25, -0.2) is 4.39 Å². The highest BCUT2D eigenvalue weighted by Crippen LogP contribution is 2.15. The Hall–Kier alpha value is -1.53. The highest BCUT2D eigenvalue weighted by atomic mass is 19.1. The zero-order valence-electron chi connectivity index (χ0n) is 9.10. The lowest BCUT2D eigenvalue weighted by atomic mass is 10.1. The van der Waals surface area contributed by atoms with Crippen molar-refractivity contribution in [2.24, 2.45) is 5.73 Å². The van der Waals surface area contributed by atoms with Crippen molar-refractivity contribution in [1.29, 1.82) is 0 Å². The molecule has 0 spiro atoms. The molecule has 2 N–H and O–H groups in total. The smallest absolute Gasteiger partial charge is 0.142 e. The van der Waals surface area contributed by atoms with Crippen molar-refractivity contribution in [3.63, 3.8) is 0 Å². The van der Waals surface area contributed by atoms with Crippen molar-refractivity contribution in [1.82, 2.24) is 0 Å². The lowest BCUT2D eigenvalue weighted by Crippen LogP contribution is -2.29. The van der Waals surface area contributed by atoms with Gasteiger partial charge in [0.25, 0.3) is 0 Å². The second-order valence-corrected chi connectivity index (χ2v) is 3.82. The molecule has 0 atom stereocenters. The van der Waals surface area contributed by atoms with Crippen LogP contribution in [0.4, 0.5) is 4.39 Å². The first-order valence-corrected chi connectivity index (χ1v) is 4.58. The van der Waals surface area contributed by atoms with Crippen LogP contribution in [0.2, 0.25) is 0 Å². The number of ether oxygens (including phenoxy) is 1. The zero-order chi connectivity index (χ0) is 11.5. The standard InChI is InChI=1S/C12H14FNO/c1-12(2,14)7-6-9-4-5-10(15-3)8-11(9)13/h4-5,8H,14H2,1-3H3. The molecular weight excluding hydrogens is 193 g/mol. The first-order chi connectivity index (χ1) is 6.92. The van der Waals surface area contributed by atoms with Gasteiger partial charge in [0.05, 0.1) is 18.2 Å². The lowest BCUT2D eigenvalue weighted by Gasteiger charge is -2.07. The van der Waals surface area contributed by atoms with Gasteiger partial charge in [-0.3, -0.25) is 0 Å². The maximum absolute atomic E-state index is 13.4. The van der Waals surface area contributed by atoms with Crippen molar-refractivity contribution >= 4 is 0 Å². The van der Waals surface area contributed by atoms with Crippen LogP contribution in [0, 0.1) is 17.7 Å². The second kappa shape index (κ2) is 4.33. The van der Waals surface area contributed by atoms with Crippen LogP contribution >= 0.6 is 0 Å². The van der Waals surface area contributed by atoms with Gasteiger partial charge in [0.1, 0.15) is 11.6 Å². The summed E-state index contributed by atoms with van der Waals surface area (Å²) in [6.45, 7) is 3.53.